The highest BCUT2D eigenvalue weighted by molar-refractivity contribution is 4.88. The molecule has 0 spiro atoms. The smallest absolute Gasteiger partial charge is 0.179 e. The third-order valence-corrected chi connectivity index (χ3v) is 2.67. The topological polar surface area (TPSA) is 56.5 Å². The second kappa shape index (κ2) is 4.45. The third-order valence-electron chi connectivity index (χ3n) is 2.67. The van der Waals surface area contributed by atoms with Gasteiger partial charge in [0, 0.05) is 19.6 Å². The fraction of sp³-hybridized carbons (Fsp3) is 0.889. The Bertz CT molecular complexity index is 200. The van der Waals surface area contributed by atoms with Gasteiger partial charge < -0.3 is 14.7 Å². The first-order valence-corrected chi connectivity index (χ1v) is 4.54. The van der Waals surface area contributed by atoms with Crippen LogP contribution in [0.3, 0.4) is 0 Å². The summed E-state index contributed by atoms with van der Waals surface area (Å²) >= 11 is 0. The van der Waals surface area contributed by atoms with Gasteiger partial charge in [0.05, 0.1) is 18.8 Å². The fourth-order valence-electron chi connectivity index (χ4n) is 1.83. The van der Waals surface area contributed by atoms with E-state index in [0.29, 0.717) is 6.54 Å². The summed E-state index contributed by atoms with van der Waals surface area (Å²) in [5, 5.41) is 18.1. The van der Waals surface area contributed by atoms with Crippen molar-refractivity contribution in [1.29, 1.82) is 5.26 Å². The number of nitriles is 1. The Morgan fingerprint density at radius 2 is 2.38 bits per heavy atom. The molecule has 1 heterocycles. The van der Waals surface area contributed by atoms with E-state index in [4.69, 9.17) is 10.00 Å². The molecule has 4 heteroatoms. The van der Waals surface area contributed by atoms with Crippen LogP contribution >= 0.6 is 0 Å². The molecule has 0 unspecified atom stereocenters. The quantitative estimate of drug-likeness (QED) is 0.622. The van der Waals surface area contributed by atoms with Gasteiger partial charge in [-0.3, -0.25) is 0 Å². The maximum absolute atomic E-state index is 9.46. The Hall–Kier alpha value is -0.790. The van der Waals surface area contributed by atoms with E-state index in [1.54, 1.807) is 18.9 Å². The standard InChI is InChI=1S/C9H16N2O2/c1-7(12)8-3-4-11(6-10)5-9(8)13-2/h7-9,12H,3-5H2,1-2H3/t7-,8+,9+/m1/s1. The molecule has 4 nitrogen and oxygen atoms in total. The summed E-state index contributed by atoms with van der Waals surface area (Å²) in [6.07, 6.45) is 2.55. The average Bonchev–Trinajstić information content (AvgIpc) is 2.16. The van der Waals surface area contributed by atoms with Crippen molar-refractivity contribution in [3.63, 3.8) is 0 Å². The molecule has 0 bridgehead atoms. The van der Waals surface area contributed by atoms with Gasteiger partial charge in [-0.2, -0.15) is 5.26 Å². The molecule has 0 aromatic carbocycles. The van der Waals surface area contributed by atoms with Gasteiger partial charge in [0.25, 0.3) is 0 Å². The number of likely N-dealkylation sites (tertiary alicyclic amines) is 1. The number of hydrogen-bond acceptors (Lipinski definition) is 4. The molecule has 0 radical (unpaired) electrons. The van der Waals surface area contributed by atoms with Crippen molar-refractivity contribution in [1.82, 2.24) is 4.90 Å². The van der Waals surface area contributed by atoms with Gasteiger partial charge in [0.2, 0.25) is 0 Å². The predicted molar refractivity (Wildman–Crippen MR) is 47.8 cm³/mol. The van der Waals surface area contributed by atoms with E-state index in [0.717, 1.165) is 13.0 Å². The van der Waals surface area contributed by atoms with Crippen LogP contribution in [0.5, 0.6) is 0 Å². The first-order valence-electron chi connectivity index (χ1n) is 4.54. The lowest BCUT2D eigenvalue weighted by atomic mass is 9.89. The third kappa shape index (κ3) is 2.33. The van der Waals surface area contributed by atoms with Crippen molar-refractivity contribution in [3.05, 3.63) is 0 Å². The number of nitrogens with zero attached hydrogens (tertiary/aromatic N) is 2. The molecule has 0 amide bonds. The van der Waals surface area contributed by atoms with Crippen molar-refractivity contribution in [2.24, 2.45) is 5.92 Å². The van der Waals surface area contributed by atoms with Crippen molar-refractivity contribution in [3.8, 4) is 6.19 Å². The van der Waals surface area contributed by atoms with Crippen LogP contribution < -0.4 is 0 Å². The molecule has 1 aliphatic heterocycles. The summed E-state index contributed by atoms with van der Waals surface area (Å²) in [7, 11) is 1.63. The fourth-order valence-corrected chi connectivity index (χ4v) is 1.83. The van der Waals surface area contributed by atoms with Crippen LogP contribution in [0.4, 0.5) is 0 Å². The van der Waals surface area contributed by atoms with Crippen molar-refractivity contribution < 1.29 is 9.84 Å². The first-order chi connectivity index (χ1) is 6.19. The van der Waals surface area contributed by atoms with Crippen LogP contribution in [-0.2, 0) is 4.74 Å². The van der Waals surface area contributed by atoms with Crippen LogP contribution in [0.25, 0.3) is 0 Å². The lowest BCUT2D eigenvalue weighted by molar-refractivity contribution is -0.0433. The average molecular weight is 184 g/mol. The summed E-state index contributed by atoms with van der Waals surface area (Å²) in [5.74, 6) is 0.162. The molecule has 0 aromatic heterocycles. The molecule has 0 aromatic rings. The largest absolute Gasteiger partial charge is 0.393 e. The minimum absolute atomic E-state index is 0.0200. The molecule has 13 heavy (non-hydrogen) atoms. The van der Waals surface area contributed by atoms with Gasteiger partial charge in [0.15, 0.2) is 6.19 Å². The molecule has 3 atom stereocenters. The normalized spacial score (nSPS) is 31.1. The molecule has 1 N–H and O–H groups in total. The molecular formula is C9H16N2O2. The number of piperidine rings is 1. The second-order valence-corrected chi connectivity index (χ2v) is 3.51. The molecule has 1 aliphatic rings. The predicted octanol–water partition coefficient (Wildman–Crippen LogP) is 0.185. The summed E-state index contributed by atoms with van der Waals surface area (Å²) in [5.41, 5.74) is 0. The lowest BCUT2D eigenvalue weighted by Crippen LogP contribution is -2.46. The summed E-state index contributed by atoms with van der Waals surface area (Å²) < 4.78 is 5.24. The second-order valence-electron chi connectivity index (χ2n) is 3.51. The summed E-state index contributed by atoms with van der Waals surface area (Å²) in [6, 6.07) is 0. The molecule has 1 rings (SSSR count). The highest BCUT2D eigenvalue weighted by Gasteiger charge is 2.31. The number of ether oxygens (including phenoxy) is 1. The zero-order valence-corrected chi connectivity index (χ0v) is 8.10. The monoisotopic (exact) mass is 184 g/mol. The first kappa shape index (κ1) is 10.3. The zero-order valence-electron chi connectivity index (χ0n) is 8.10. The molecule has 0 saturated carbocycles. The van der Waals surface area contributed by atoms with E-state index < -0.39 is 0 Å². The van der Waals surface area contributed by atoms with E-state index in [2.05, 4.69) is 6.19 Å². The van der Waals surface area contributed by atoms with Crippen molar-refractivity contribution >= 4 is 0 Å². The zero-order chi connectivity index (χ0) is 9.84. The number of rotatable bonds is 2. The Labute approximate surface area is 78.7 Å². The van der Waals surface area contributed by atoms with E-state index in [1.165, 1.54) is 0 Å². The Kier molecular flexibility index (Phi) is 3.52. The van der Waals surface area contributed by atoms with Gasteiger partial charge in [-0.25, -0.2) is 0 Å². The molecule has 1 fully saturated rings. The summed E-state index contributed by atoms with van der Waals surface area (Å²) in [6.45, 7) is 3.10. The van der Waals surface area contributed by atoms with Gasteiger partial charge in [-0.1, -0.05) is 0 Å². The van der Waals surface area contributed by atoms with Crippen LogP contribution in [0.2, 0.25) is 0 Å². The highest BCUT2D eigenvalue weighted by atomic mass is 16.5. The van der Waals surface area contributed by atoms with Crippen LogP contribution in [0.1, 0.15) is 13.3 Å². The Morgan fingerprint density at radius 1 is 1.69 bits per heavy atom. The number of aliphatic hydroxyl groups excluding tert-OH is 1. The van der Waals surface area contributed by atoms with E-state index in [-0.39, 0.29) is 18.1 Å². The van der Waals surface area contributed by atoms with Gasteiger partial charge in [-0.05, 0) is 13.3 Å². The Balaban J connectivity index is 2.56. The maximum Gasteiger partial charge on any atom is 0.179 e. The molecule has 1 saturated heterocycles. The van der Waals surface area contributed by atoms with Gasteiger partial charge in [-0.15, -0.1) is 0 Å². The maximum atomic E-state index is 9.46. The van der Waals surface area contributed by atoms with Crippen molar-refractivity contribution in [2.45, 2.75) is 25.6 Å². The number of hydrogen-bond donors (Lipinski definition) is 1. The van der Waals surface area contributed by atoms with E-state index >= 15 is 0 Å². The van der Waals surface area contributed by atoms with Crippen molar-refractivity contribution in [2.75, 3.05) is 20.2 Å². The molecule has 74 valence electrons. The van der Waals surface area contributed by atoms with Gasteiger partial charge >= 0.3 is 0 Å². The van der Waals surface area contributed by atoms with Crippen LogP contribution in [-0.4, -0.2) is 42.4 Å². The number of aliphatic hydroxyl groups is 1. The highest BCUT2D eigenvalue weighted by Crippen LogP contribution is 2.22. The van der Waals surface area contributed by atoms with E-state index in [1.807, 2.05) is 0 Å². The minimum Gasteiger partial charge on any atom is -0.393 e. The lowest BCUT2D eigenvalue weighted by Gasteiger charge is -2.36. The summed E-state index contributed by atoms with van der Waals surface area (Å²) in [4.78, 5) is 1.67. The van der Waals surface area contributed by atoms with Crippen LogP contribution in [0, 0.1) is 17.4 Å². The van der Waals surface area contributed by atoms with Gasteiger partial charge in [0.1, 0.15) is 0 Å². The molecular weight excluding hydrogens is 168 g/mol. The van der Waals surface area contributed by atoms with Crippen LogP contribution in [0.15, 0.2) is 0 Å². The number of methoxy groups -OCH3 is 1. The SMILES string of the molecule is CO[C@H]1CN(C#N)CC[C@H]1[C@@H](C)O. The minimum atomic E-state index is -0.356. The Morgan fingerprint density at radius 3 is 2.85 bits per heavy atom. The van der Waals surface area contributed by atoms with E-state index in [9.17, 15) is 5.11 Å². The molecule has 0 aliphatic carbocycles.